The van der Waals surface area contributed by atoms with Crippen molar-refractivity contribution in [1.82, 2.24) is 0 Å². The van der Waals surface area contributed by atoms with Crippen molar-refractivity contribution in [1.29, 1.82) is 0 Å². The molecule has 0 radical (unpaired) electrons. The number of aliphatic imine (C=N–C) groups is 1. The number of rotatable bonds is 6. The predicted octanol–water partition coefficient (Wildman–Crippen LogP) is 4.35. The van der Waals surface area contributed by atoms with E-state index in [0.29, 0.717) is 11.3 Å². The zero-order valence-electron chi connectivity index (χ0n) is 14.2. The highest BCUT2D eigenvalue weighted by molar-refractivity contribution is 9.10. The molecule has 25 heavy (non-hydrogen) atoms. The van der Waals surface area contributed by atoms with E-state index in [4.69, 9.17) is 10.5 Å². The lowest BCUT2D eigenvalue weighted by molar-refractivity contribution is -0.138. The van der Waals surface area contributed by atoms with Crippen LogP contribution in [0.5, 0.6) is 0 Å². The summed E-state index contributed by atoms with van der Waals surface area (Å²) in [6, 6.07) is 12.0. The number of esters is 1. The third-order valence-corrected chi connectivity index (χ3v) is 4.07. The van der Waals surface area contributed by atoms with Crippen LogP contribution in [-0.2, 0) is 9.53 Å². The summed E-state index contributed by atoms with van der Waals surface area (Å²) in [6.07, 6.45) is 1.07. The monoisotopic (exact) mass is 401 g/mol. The molecular formula is C19H20BrN3O2. The Bertz CT molecular complexity index is 872. The number of ether oxygens (including phenoxy) is 1. The topological polar surface area (TPSA) is 76.7 Å². The van der Waals surface area contributed by atoms with E-state index in [-0.39, 0.29) is 12.3 Å². The van der Waals surface area contributed by atoms with Gasteiger partial charge in [-0.05, 0) is 48.9 Å². The van der Waals surface area contributed by atoms with Crippen LogP contribution in [0, 0.1) is 0 Å². The summed E-state index contributed by atoms with van der Waals surface area (Å²) in [7, 11) is 0. The first-order chi connectivity index (χ1) is 12.0. The van der Waals surface area contributed by atoms with Crippen LogP contribution in [0.25, 0.3) is 10.8 Å². The maximum Gasteiger partial charge on any atom is 0.357 e. The maximum atomic E-state index is 12.0. The molecule has 6 heteroatoms. The van der Waals surface area contributed by atoms with Crippen molar-refractivity contribution in [3.8, 4) is 0 Å². The fraction of sp³-hybridized carbons (Fsp3) is 0.158. The van der Waals surface area contributed by atoms with Crippen molar-refractivity contribution in [2.24, 2.45) is 10.7 Å². The molecule has 130 valence electrons. The second-order valence-corrected chi connectivity index (χ2v) is 6.20. The molecule has 5 nitrogen and oxygen atoms in total. The summed E-state index contributed by atoms with van der Waals surface area (Å²) >= 11 is 3.46. The Kier molecular flexibility index (Phi) is 6.36. The normalized spacial score (nSPS) is 12.1. The molecule has 0 aliphatic carbocycles. The van der Waals surface area contributed by atoms with E-state index in [9.17, 15) is 4.79 Å². The van der Waals surface area contributed by atoms with Crippen molar-refractivity contribution in [2.75, 3.05) is 11.9 Å². The van der Waals surface area contributed by atoms with Gasteiger partial charge in [0, 0.05) is 21.4 Å². The summed E-state index contributed by atoms with van der Waals surface area (Å²) in [5.74, 6) is -0.534. The summed E-state index contributed by atoms with van der Waals surface area (Å²) in [6.45, 7) is 7.73. The average molecular weight is 402 g/mol. The molecule has 0 heterocycles. The minimum Gasteiger partial charge on any atom is -0.461 e. The number of nitrogens with one attached hydrogen (secondary N) is 1. The van der Waals surface area contributed by atoms with Crippen LogP contribution in [0.3, 0.4) is 0 Å². The van der Waals surface area contributed by atoms with Gasteiger partial charge in [-0.3, -0.25) is 0 Å². The zero-order valence-corrected chi connectivity index (χ0v) is 15.8. The number of fused-ring (bicyclic) bond motifs is 1. The van der Waals surface area contributed by atoms with Gasteiger partial charge in [-0.25, -0.2) is 9.79 Å². The van der Waals surface area contributed by atoms with Gasteiger partial charge in [0.15, 0.2) is 5.70 Å². The molecule has 3 N–H and O–H groups in total. The SMILES string of the molecule is C=C(Nc1ccc2cc(Br)ccc2c1)/C(C)=C(\N=C/N)C(=O)OCC. The molecule has 2 aromatic carbocycles. The second kappa shape index (κ2) is 8.48. The Balaban J connectivity index is 2.28. The number of hydrogen-bond acceptors (Lipinski definition) is 4. The molecule has 0 aliphatic rings. The van der Waals surface area contributed by atoms with Gasteiger partial charge in [-0.2, -0.15) is 0 Å². The molecule has 2 rings (SSSR count). The van der Waals surface area contributed by atoms with Crippen molar-refractivity contribution in [2.45, 2.75) is 13.8 Å². The van der Waals surface area contributed by atoms with Crippen molar-refractivity contribution >= 4 is 44.7 Å². The molecule has 0 unspecified atom stereocenters. The van der Waals surface area contributed by atoms with Crippen LogP contribution in [0.2, 0.25) is 0 Å². The lowest BCUT2D eigenvalue weighted by atomic mass is 10.1. The number of nitrogens with two attached hydrogens (primary N) is 1. The molecule has 0 saturated carbocycles. The highest BCUT2D eigenvalue weighted by Gasteiger charge is 2.15. The first-order valence-electron chi connectivity index (χ1n) is 7.74. The molecular weight excluding hydrogens is 382 g/mol. The first kappa shape index (κ1) is 18.7. The van der Waals surface area contributed by atoms with Crippen LogP contribution in [-0.4, -0.2) is 18.9 Å². The third kappa shape index (κ3) is 4.70. The number of allylic oxidation sites excluding steroid dienone is 1. The van der Waals surface area contributed by atoms with E-state index in [0.717, 1.165) is 27.3 Å². The summed E-state index contributed by atoms with van der Waals surface area (Å²) in [4.78, 5) is 15.9. The van der Waals surface area contributed by atoms with Crippen molar-refractivity contribution in [3.63, 3.8) is 0 Å². The highest BCUT2D eigenvalue weighted by Crippen LogP contribution is 2.25. The van der Waals surface area contributed by atoms with Gasteiger partial charge in [0.1, 0.15) is 0 Å². The van der Waals surface area contributed by atoms with E-state index in [1.165, 1.54) is 0 Å². The standard InChI is InChI=1S/C19H20BrN3O2/c1-4-25-19(24)18(22-11-21)12(2)13(3)23-17-8-6-14-9-16(20)7-5-15(14)10-17/h5-11,23H,3-4H2,1-2H3,(H2,21,22)/b18-12-. The fourth-order valence-corrected chi connectivity index (χ4v) is 2.66. The van der Waals surface area contributed by atoms with Gasteiger partial charge in [-0.15, -0.1) is 0 Å². The largest absolute Gasteiger partial charge is 0.461 e. The van der Waals surface area contributed by atoms with Gasteiger partial charge in [0.2, 0.25) is 0 Å². The van der Waals surface area contributed by atoms with Crippen LogP contribution in [0.15, 0.2) is 69.4 Å². The molecule has 0 aromatic heterocycles. The van der Waals surface area contributed by atoms with Crippen molar-refractivity contribution < 1.29 is 9.53 Å². The van der Waals surface area contributed by atoms with Gasteiger partial charge in [0.05, 0.1) is 12.9 Å². The van der Waals surface area contributed by atoms with Crippen LogP contribution in [0.1, 0.15) is 13.8 Å². The number of nitrogens with zero attached hydrogens (tertiary/aromatic N) is 1. The van der Waals surface area contributed by atoms with Crippen LogP contribution in [0.4, 0.5) is 5.69 Å². The zero-order chi connectivity index (χ0) is 18.4. The lowest BCUT2D eigenvalue weighted by Gasteiger charge is -2.13. The quantitative estimate of drug-likeness (QED) is 0.248. The number of hydrogen-bond donors (Lipinski definition) is 2. The Labute approximate surface area is 155 Å². The average Bonchev–Trinajstić information content (AvgIpc) is 2.59. The van der Waals surface area contributed by atoms with Gasteiger partial charge < -0.3 is 15.8 Å². The van der Waals surface area contributed by atoms with Crippen LogP contribution >= 0.6 is 15.9 Å². The number of carbonyl (C=O) groups is 1. The number of carbonyl (C=O) groups excluding carboxylic acids is 1. The van der Waals surface area contributed by atoms with Gasteiger partial charge >= 0.3 is 5.97 Å². The maximum absolute atomic E-state index is 12.0. The fourth-order valence-electron chi connectivity index (χ4n) is 2.28. The van der Waals surface area contributed by atoms with Gasteiger partial charge in [0.25, 0.3) is 0 Å². The Hall–Kier alpha value is -2.60. The summed E-state index contributed by atoms with van der Waals surface area (Å²) < 4.78 is 6.04. The first-order valence-corrected chi connectivity index (χ1v) is 8.53. The molecule has 0 saturated heterocycles. The van der Waals surface area contributed by atoms with E-state index in [1.807, 2.05) is 36.4 Å². The summed E-state index contributed by atoms with van der Waals surface area (Å²) in [5, 5.41) is 5.41. The Morgan fingerprint density at radius 3 is 2.68 bits per heavy atom. The minimum atomic E-state index is -0.534. The van der Waals surface area contributed by atoms with E-state index in [2.05, 4.69) is 32.8 Å². The minimum absolute atomic E-state index is 0.131. The molecule has 0 fully saturated rings. The second-order valence-electron chi connectivity index (χ2n) is 5.28. The molecule has 0 spiro atoms. The van der Waals surface area contributed by atoms with E-state index >= 15 is 0 Å². The molecule has 0 amide bonds. The van der Waals surface area contributed by atoms with Gasteiger partial charge in [-0.1, -0.05) is 34.6 Å². The Morgan fingerprint density at radius 2 is 2.00 bits per heavy atom. The molecule has 0 atom stereocenters. The molecule has 0 aliphatic heterocycles. The van der Waals surface area contributed by atoms with E-state index in [1.54, 1.807) is 13.8 Å². The smallest absolute Gasteiger partial charge is 0.357 e. The lowest BCUT2D eigenvalue weighted by Crippen LogP contribution is -2.12. The van der Waals surface area contributed by atoms with Crippen LogP contribution < -0.4 is 11.1 Å². The Morgan fingerprint density at radius 1 is 1.32 bits per heavy atom. The number of anilines is 1. The molecule has 2 aromatic rings. The highest BCUT2D eigenvalue weighted by atomic mass is 79.9. The molecule has 0 bridgehead atoms. The van der Waals surface area contributed by atoms with Crippen molar-refractivity contribution in [3.05, 3.63) is 64.4 Å². The summed E-state index contributed by atoms with van der Waals surface area (Å²) in [5.41, 5.74) is 7.44. The number of benzene rings is 2. The predicted molar refractivity (Wildman–Crippen MR) is 106 cm³/mol. The number of halogens is 1. The third-order valence-electron chi connectivity index (χ3n) is 3.58. The van der Waals surface area contributed by atoms with E-state index < -0.39 is 5.97 Å².